The normalized spacial score (nSPS) is 14.1. The monoisotopic (exact) mass is 360 g/mol. The van der Waals surface area contributed by atoms with Crippen LogP contribution in [0.1, 0.15) is 38.2 Å². The molecule has 6 nitrogen and oxygen atoms in total. The minimum absolute atomic E-state index is 0.143. The number of aliphatic hydroxyl groups excluding tert-OH is 1. The van der Waals surface area contributed by atoms with Gasteiger partial charge in [0.2, 0.25) is 0 Å². The SMILES string of the molecule is CCCCCCc1ccc(NC2=C(C(=O)OC)CN(CCO)C2=O)cc1. The maximum atomic E-state index is 12.5. The van der Waals surface area contributed by atoms with Crippen molar-refractivity contribution in [2.75, 3.05) is 32.1 Å². The predicted molar refractivity (Wildman–Crippen MR) is 101 cm³/mol. The summed E-state index contributed by atoms with van der Waals surface area (Å²) in [7, 11) is 1.29. The lowest BCUT2D eigenvalue weighted by Crippen LogP contribution is -2.31. The number of ether oxygens (including phenoxy) is 1. The molecule has 0 aliphatic carbocycles. The number of rotatable bonds is 10. The number of unbranched alkanes of at least 4 members (excludes halogenated alkanes) is 3. The number of nitrogens with zero attached hydrogens (tertiary/aromatic N) is 1. The van der Waals surface area contributed by atoms with Gasteiger partial charge in [-0.3, -0.25) is 4.79 Å². The fourth-order valence-electron chi connectivity index (χ4n) is 3.00. The molecule has 0 aromatic heterocycles. The van der Waals surface area contributed by atoms with Crippen LogP contribution >= 0.6 is 0 Å². The third-order valence-corrected chi connectivity index (χ3v) is 4.50. The third-order valence-electron chi connectivity index (χ3n) is 4.50. The summed E-state index contributed by atoms with van der Waals surface area (Å²) in [5.74, 6) is -0.836. The Morgan fingerprint density at radius 2 is 1.96 bits per heavy atom. The molecule has 0 unspecified atom stereocenters. The van der Waals surface area contributed by atoms with Crippen molar-refractivity contribution in [3.63, 3.8) is 0 Å². The summed E-state index contributed by atoms with van der Waals surface area (Å²) in [6.45, 7) is 2.37. The smallest absolute Gasteiger partial charge is 0.337 e. The standard InChI is InChI=1S/C20H28N2O4/c1-3-4-5-6-7-15-8-10-16(11-9-15)21-18-17(20(25)26-2)14-22(12-13-23)19(18)24/h8-11,21,23H,3-7,12-14H2,1-2H3. The summed E-state index contributed by atoms with van der Waals surface area (Å²) in [6, 6.07) is 7.91. The molecule has 142 valence electrons. The topological polar surface area (TPSA) is 78.9 Å². The molecule has 2 N–H and O–H groups in total. The van der Waals surface area contributed by atoms with Gasteiger partial charge in [-0.1, -0.05) is 38.3 Å². The summed E-state index contributed by atoms with van der Waals surface area (Å²) >= 11 is 0. The molecule has 0 spiro atoms. The molecule has 0 radical (unpaired) electrons. The molecule has 1 heterocycles. The molecule has 6 heteroatoms. The Morgan fingerprint density at radius 1 is 1.23 bits per heavy atom. The minimum atomic E-state index is -0.533. The lowest BCUT2D eigenvalue weighted by molar-refractivity contribution is -0.136. The number of hydrogen-bond acceptors (Lipinski definition) is 5. The fraction of sp³-hybridized carbons (Fsp3) is 0.500. The second kappa shape index (κ2) is 9.97. The molecular weight excluding hydrogens is 332 g/mol. The number of amides is 1. The number of anilines is 1. The van der Waals surface area contributed by atoms with Gasteiger partial charge in [0.1, 0.15) is 5.70 Å². The molecule has 0 atom stereocenters. The Labute approximate surface area is 154 Å². The maximum absolute atomic E-state index is 12.5. The first-order valence-electron chi connectivity index (χ1n) is 9.18. The molecule has 0 bridgehead atoms. The van der Waals surface area contributed by atoms with E-state index >= 15 is 0 Å². The van der Waals surface area contributed by atoms with E-state index in [2.05, 4.69) is 12.2 Å². The van der Waals surface area contributed by atoms with Gasteiger partial charge in [0.25, 0.3) is 5.91 Å². The van der Waals surface area contributed by atoms with Crippen molar-refractivity contribution >= 4 is 17.6 Å². The Kier molecular flexibility index (Phi) is 7.66. The number of carbonyl (C=O) groups is 2. The van der Waals surface area contributed by atoms with E-state index in [0.29, 0.717) is 0 Å². The second-order valence-corrected chi connectivity index (χ2v) is 6.43. The second-order valence-electron chi connectivity index (χ2n) is 6.43. The predicted octanol–water partition coefficient (Wildman–Crippen LogP) is 2.48. The van der Waals surface area contributed by atoms with E-state index in [0.717, 1.165) is 12.1 Å². The van der Waals surface area contributed by atoms with Gasteiger partial charge >= 0.3 is 5.97 Å². The number of benzene rings is 1. The van der Waals surface area contributed by atoms with Gasteiger partial charge in [0.15, 0.2) is 0 Å². The van der Waals surface area contributed by atoms with Crippen LogP contribution in [0.2, 0.25) is 0 Å². The molecule has 1 aliphatic heterocycles. The Balaban J connectivity index is 2.06. The molecule has 0 fully saturated rings. The van der Waals surface area contributed by atoms with Gasteiger partial charge in [0, 0.05) is 12.2 Å². The zero-order valence-electron chi connectivity index (χ0n) is 15.6. The average molecular weight is 360 g/mol. The van der Waals surface area contributed by atoms with Crippen molar-refractivity contribution in [1.29, 1.82) is 0 Å². The molecule has 0 saturated carbocycles. The van der Waals surface area contributed by atoms with Crippen molar-refractivity contribution < 1.29 is 19.4 Å². The van der Waals surface area contributed by atoms with E-state index in [9.17, 15) is 9.59 Å². The van der Waals surface area contributed by atoms with E-state index < -0.39 is 5.97 Å². The fourth-order valence-corrected chi connectivity index (χ4v) is 3.00. The highest BCUT2D eigenvalue weighted by atomic mass is 16.5. The number of β-amino-alcohol motifs (C(OH)–C–C–N with tert-alkyl or cyclic N) is 1. The molecule has 1 aliphatic rings. The van der Waals surface area contributed by atoms with Gasteiger partial charge in [-0.2, -0.15) is 0 Å². The summed E-state index contributed by atoms with van der Waals surface area (Å²) in [5.41, 5.74) is 2.52. The number of carbonyl (C=O) groups excluding carboxylic acids is 2. The minimum Gasteiger partial charge on any atom is -0.466 e. The zero-order valence-corrected chi connectivity index (χ0v) is 15.6. The van der Waals surface area contributed by atoms with Crippen LogP contribution in [0.4, 0.5) is 5.69 Å². The van der Waals surface area contributed by atoms with Crippen LogP contribution in [0.25, 0.3) is 0 Å². The first kappa shape index (κ1) is 20.0. The van der Waals surface area contributed by atoms with Crippen molar-refractivity contribution in [3.05, 3.63) is 41.1 Å². The van der Waals surface area contributed by atoms with E-state index in [1.165, 1.54) is 43.3 Å². The largest absolute Gasteiger partial charge is 0.466 e. The lowest BCUT2D eigenvalue weighted by Gasteiger charge is -2.15. The Hall–Kier alpha value is -2.34. The van der Waals surface area contributed by atoms with Gasteiger partial charge in [-0.05, 0) is 30.5 Å². The number of hydrogen-bond donors (Lipinski definition) is 2. The van der Waals surface area contributed by atoms with Crippen molar-refractivity contribution in [1.82, 2.24) is 4.90 Å². The first-order valence-corrected chi connectivity index (χ1v) is 9.18. The van der Waals surface area contributed by atoms with Crippen LogP contribution in [0.15, 0.2) is 35.5 Å². The van der Waals surface area contributed by atoms with Gasteiger partial charge in [-0.15, -0.1) is 0 Å². The molecule has 26 heavy (non-hydrogen) atoms. The van der Waals surface area contributed by atoms with E-state index in [1.807, 2.05) is 24.3 Å². The van der Waals surface area contributed by atoms with Crippen LogP contribution in [0.3, 0.4) is 0 Å². The Morgan fingerprint density at radius 3 is 2.58 bits per heavy atom. The van der Waals surface area contributed by atoms with Crippen LogP contribution in [0, 0.1) is 0 Å². The molecule has 0 saturated heterocycles. The number of nitrogens with one attached hydrogen (secondary N) is 1. The average Bonchev–Trinajstić information content (AvgIpc) is 2.96. The summed E-state index contributed by atoms with van der Waals surface area (Å²) in [5, 5.41) is 12.1. The molecule has 1 aromatic carbocycles. The molecular formula is C20H28N2O4. The Bertz CT molecular complexity index is 652. The highest BCUT2D eigenvalue weighted by Crippen LogP contribution is 2.23. The van der Waals surface area contributed by atoms with Gasteiger partial charge in [0.05, 0.1) is 25.8 Å². The van der Waals surface area contributed by atoms with Crippen molar-refractivity contribution in [2.45, 2.75) is 39.0 Å². The van der Waals surface area contributed by atoms with Gasteiger partial charge in [-0.25, -0.2) is 4.79 Å². The number of methoxy groups -OCH3 is 1. The molecule has 1 amide bonds. The summed E-state index contributed by atoms with van der Waals surface area (Å²) in [6.07, 6.45) is 5.94. The summed E-state index contributed by atoms with van der Waals surface area (Å²) in [4.78, 5) is 25.9. The van der Waals surface area contributed by atoms with Crippen LogP contribution in [-0.2, 0) is 20.7 Å². The number of aliphatic hydroxyl groups is 1. The number of esters is 1. The third kappa shape index (κ3) is 5.08. The highest BCUT2D eigenvalue weighted by Gasteiger charge is 2.34. The quantitative estimate of drug-likeness (QED) is 0.495. The van der Waals surface area contributed by atoms with Crippen LogP contribution in [0.5, 0.6) is 0 Å². The number of aryl methyl sites for hydroxylation is 1. The molecule has 2 rings (SSSR count). The van der Waals surface area contributed by atoms with Crippen molar-refractivity contribution in [2.24, 2.45) is 0 Å². The van der Waals surface area contributed by atoms with Crippen LogP contribution in [-0.4, -0.2) is 48.7 Å². The van der Waals surface area contributed by atoms with E-state index in [4.69, 9.17) is 9.84 Å². The van der Waals surface area contributed by atoms with Crippen LogP contribution < -0.4 is 5.32 Å². The first-order chi connectivity index (χ1) is 12.6. The zero-order chi connectivity index (χ0) is 18.9. The molecule has 1 aromatic rings. The lowest BCUT2D eigenvalue weighted by atomic mass is 10.1. The highest BCUT2D eigenvalue weighted by molar-refractivity contribution is 6.08. The van der Waals surface area contributed by atoms with E-state index in [1.54, 1.807) is 0 Å². The van der Waals surface area contributed by atoms with Gasteiger partial charge < -0.3 is 20.1 Å². The van der Waals surface area contributed by atoms with E-state index in [-0.39, 0.29) is 36.9 Å². The maximum Gasteiger partial charge on any atom is 0.337 e. The van der Waals surface area contributed by atoms with Crippen molar-refractivity contribution in [3.8, 4) is 0 Å². The summed E-state index contributed by atoms with van der Waals surface area (Å²) < 4.78 is 4.78.